The summed E-state index contributed by atoms with van der Waals surface area (Å²) >= 11 is 0. The predicted octanol–water partition coefficient (Wildman–Crippen LogP) is 1.25. The average Bonchev–Trinajstić information content (AvgIpc) is 2.67. The van der Waals surface area contributed by atoms with E-state index in [4.69, 9.17) is 5.73 Å². The van der Waals surface area contributed by atoms with Gasteiger partial charge in [0.25, 0.3) is 10.0 Å². The van der Waals surface area contributed by atoms with Gasteiger partial charge in [0.2, 0.25) is 0 Å². The van der Waals surface area contributed by atoms with Crippen molar-refractivity contribution in [1.29, 1.82) is 0 Å². The predicted molar refractivity (Wildman–Crippen MR) is 71.5 cm³/mol. The van der Waals surface area contributed by atoms with Gasteiger partial charge in [-0.3, -0.25) is 0 Å². The Labute approximate surface area is 109 Å². The Morgan fingerprint density at radius 2 is 1.83 bits per heavy atom. The second-order valence-corrected chi connectivity index (χ2v) is 6.09. The summed E-state index contributed by atoms with van der Waals surface area (Å²) in [6.45, 7) is 5.92. The molecule has 0 saturated carbocycles. The average molecular weight is 274 g/mol. The van der Waals surface area contributed by atoms with Crippen molar-refractivity contribution < 1.29 is 8.42 Å². The maximum atomic E-state index is 12.4. The highest BCUT2D eigenvalue weighted by atomic mass is 32.2. The number of hydrogen-bond acceptors (Lipinski definition) is 4. The molecule has 6 nitrogen and oxygen atoms in total. The lowest BCUT2D eigenvalue weighted by Crippen LogP contribution is -2.47. The van der Waals surface area contributed by atoms with E-state index in [2.05, 4.69) is 9.71 Å². The quantitative estimate of drug-likeness (QED) is 0.817. The highest BCUT2D eigenvalue weighted by molar-refractivity contribution is 7.89. The molecule has 0 fully saturated rings. The van der Waals surface area contributed by atoms with Crippen molar-refractivity contribution >= 4 is 15.8 Å². The Kier molecular flexibility index (Phi) is 4.39. The van der Waals surface area contributed by atoms with E-state index in [0.29, 0.717) is 0 Å². The first-order chi connectivity index (χ1) is 8.32. The largest absolute Gasteiger partial charge is 0.381 e. The second kappa shape index (κ2) is 5.27. The first-order valence-electron chi connectivity index (χ1n) is 6.12. The van der Waals surface area contributed by atoms with E-state index in [1.165, 1.54) is 10.9 Å². The van der Waals surface area contributed by atoms with Gasteiger partial charge in [-0.15, -0.1) is 0 Å². The lowest BCUT2D eigenvalue weighted by atomic mass is 9.91. The smallest absolute Gasteiger partial charge is 0.260 e. The molecular weight excluding hydrogens is 252 g/mol. The number of anilines is 1. The van der Waals surface area contributed by atoms with Crippen molar-refractivity contribution in [3.8, 4) is 0 Å². The summed E-state index contributed by atoms with van der Waals surface area (Å²) in [5, 5.41) is 0.0298. The number of nitrogens with one attached hydrogen (secondary N) is 1. The molecule has 18 heavy (non-hydrogen) atoms. The van der Waals surface area contributed by atoms with Gasteiger partial charge < -0.3 is 10.3 Å². The summed E-state index contributed by atoms with van der Waals surface area (Å²) in [6.07, 6.45) is 3.60. The third-order valence-electron chi connectivity index (χ3n) is 3.55. The lowest BCUT2D eigenvalue weighted by Gasteiger charge is -2.31. The Morgan fingerprint density at radius 1 is 1.33 bits per heavy atom. The summed E-state index contributed by atoms with van der Waals surface area (Å²) in [5.41, 5.74) is 5.20. The van der Waals surface area contributed by atoms with E-state index in [0.717, 1.165) is 19.3 Å². The van der Waals surface area contributed by atoms with Crippen LogP contribution < -0.4 is 10.5 Å². The molecule has 0 aliphatic rings. The Morgan fingerprint density at radius 3 is 2.17 bits per heavy atom. The minimum absolute atomic E-state index is 0.0298. The number of rotatable bonds is 6. The molecule has 3 N–H and O–H groups in total. The van der Waals surface area contributed by atoms with Gasteiger partial charge in [0.15, 0.2) is 10.8 Å². The van der Waals surface area contributed by atoms with Crippen LogP contribution in [0.3, 0.4) is 0 Å². The second-order valence-electron chi connectivity index (χ2n) is 4.49. The molecule has 0 unspecified atom stereocenters. The molecule has 1 aromatic rings. The van der Waals surface area contributed by atoms with Crippen LogP contribution in [0.15, 0.2) is 11.4 Å². The maximum Gasteiger partial charge on any atom is 0.260 e. The molecule has 1 rings (SSSR count). The number of nitrogens with zero attached hydrogens (tertiary/aromatic N) is 2. The standard InChI is InChI=1S/C11H22N4O2S/c1-5-11(6-2,7-3)14-18(16,17)10-9(12)13-8-15(10)4/h8,14H,5-7,12H2,1-4H3. The first-order valence-corrected chi connectivity index (χ1v) is 7.61. The summed E-state index contributed by atoms with van der Waals surface area (Å²) < 4.78 is 28.9. The molecule has 0 spiro atoms. The molecule has 0 radical (unpaired) electrons. The van der Waals surface area contributed by atoms with Crippen molar-refractivity contribution in [3.63, 3.8) is 0 Å². The fraction of sp³-hybridized carbons (Fsp3) is 0.727. The number of aryl methyl sites for hydroxylation is 1. The van der Waals surface area contributed by atoms with Crippen molar-refractivity contribution in [2.45, 2.75) is 50.6 Å². The van der Waals surface area contributed by atoms with E-state index in [-0.39, 0.29) is 10.8 Å². The van der Waals surface area contributed by atoms with Crippen LogP contribution >= 0.6 is 0 Å². The zero-order chi connectivity index (χ0) is 14.0. The summed E-state index contributed by atoms with van der Waals surface area (Å²) in [4.78, 5) is 3.81. The van der Waals surface area contributed by atoms with Gasteiger partial charge in [0.1, 0.15) is 0 Å². The van der Waals surface area contributed by atoms with Crippen LogP contribution in [-0.2, 0) is 17.1 Å². The van der Waals surface area contributed by atoms with E-state index in [1.807, 2.05) is 20.8 Å². The van der Waals surface area contributed by atoms with Crippen molar-refractivity contribution in [2.75, 3.05) is 5.73 Å². The zero-order valence-electron chi connectivity index (χ0n) is 11.4. The normalized spacial score (nSPS) is 12.9. The van der Waals surface area contributed by atoms with Gasteiger partial charge in [-0.05, 0) is 19.3 Å². The number of sulfonamides is 1. The maximum absolute atomic E-state index is 12.4. The van der Waals surface area contributed by atoms with Crippen LogP contribution in [0.25, 0.3) is 0 Å². The van der Waals surface area contributed by atoms with Crippen LogP contribution in [-0.4, -0.2) is 23.5 Å². The van der Waals surface area contributed by atoms with Gasteiger partial charge in [0, 0.05) is 12.6 Å². The summed E-state index contributed by atoms with van der Waals surface area (Å²) in [7, 11) is -2.03. The highest BCUT2D eigenvalue weighted by Gasteiger charge is 2.33. The molecule has 0 amide bonds. The summed E-state index contributed by atoms with van der Waals surface area (Å²) in [5.74, 6) is 0.0298. The molecule has 0 aromatic carbocycles. The molecule has 1 aromatic heterocycles. The van der Waals surface area contributed by atoms with E-state index >= 15 is 0 Å². The Hall–Kier alpha value is -1.08. The number of nitrogens with two attached hydrogens (primary N) is 1. The van der Waals surface area contributed by atoms with Crippen LogP contribution in [0.2, 0.25) is 0 Å². The third-order valence-corrected chi connectivity index (χ3v) is 5.25. The SMILES string of the molecule is CCC(CC)(CC)NS(=O)(=O)c1c(N)ncn1C. The van der Waals surface area contributed by atoms with Gasteiger partial charge in [-0.2, -0.15) is 0 Å². The first kappa shape index (κ1) is 15.0. The fourth-order valence-electron chi connectivity index (χ4n) is 2.06. The molecule has 0 bridgehead atoms. The lowest BCUT2D eigenvalue weighted by molar-refractivity contribution is 0.341. The Bertz CT molecular complexity index is 475. The van der Waals surface area contributed by atoms with Crippen molar-refractivity contribution in [3.05, 3.63) is 6.33 Å². The van der Waals surface area contributed by atoms with E-state index < -0.39 is 15.6 Å². The number of nitrogen functional groups attached to an aromatic ring is 1. The third kappa shape index (κ3) is 2.67. The highest BCUT2D eigenvalue weighted by Crippen LogP contribution is 2.24. The van der Waals surface area contributed by atoms with Crippen LogP contribution in [0.1, 0.15) is 40.0 Å². The van der Waals surface area contributed by atoms with Crippen LogP contribution in [0.4, 0.5) is 5.82 Å². The van der Waals surface area contributed by atoms with Crippen LogP contribution in [0, 0.1) is 0 Å². The minimum atomic E-state index is -3.65. The molecule has 7 heteroatoms. The van der Waals surface area contributed by atoms with Crippen LogP contribution in [0.5, 0.6) is 0 Å². The van der Waals surface area contributed by atoms with E-state index in [1.54, 1.807) is 7.05 Å². The molecule has 104 valence electrons. The molecular formula is C11H22N4O2S. The molecule has 0 aliphatic carbocycles. The number of aromatic nitrogens is 2. The van der Waals surface area contributed by atoms with Gasteiger partial charge in [0.05, 0.1) is 6.33 Å². The van der Waals surface area contributed by atoms with Gasteiger partial charge in [-0.25, -0.2) is 18.1 Å². The summed E-state index contributed by atoms with van der Waals surface area (Å²) in [6, 6.07) is 0. The van der Waals surface area contributed by atoms with Gasteiger partial charge >= 0.3 is 0 Å². The molecule has 0 saturated heterocycles. The zero-order valence-corrected chi connectivity index (χ0v) is 12.2. The molecule has 1 heterocycles. The Balaban J connectivity index is 3.17. The molecule has 0 atom stereocenters. The molecule has 0 aliphatic heterocycles. The number of imidazole rings is 1. The number of hydrogen-bond donors (Lipinski definition) is 2. The van der Waals surface area contributed by atoms with Gasteiger partial charge in [-0.1, -0.05) is 20.8 Å². The van der Waals surface area contributed by atoms with Crippen molar-refractivity contribution in [2.24, 2.45) is 7.05 Å². The van der Waals surface area contributed by atoms with Crippen molar-refractivity contribution in [1.82, 2.24) is 14.3 Å². The minimum Gasteiger partial charge on any atom is -0.381 e. The monoisotopic (exact) mass is 274 g/mol. The van der Waals surface area contributed by atoms with E-state index in [9.17, 15) is 8.42 Å². The fourth-order valence-corrected chi connectivity index (χ4v) is 3.92. The topological polar surface area (TPSA) is 90.0 Å².